The minimum absolute atomic E-state index is 0.0741. The standard InChI is InChI=1S/C23H21Cl2FN4O3.C6H6O3S/c1-3-20(31)30-8-6-13(7-9-30)33-19-10-14-17(11-18(19)32-2)27-12-28-23(14)29-16-5-4-15(24)21(25)22(16)26;7-10(8,9)6-4-2-1-3-5-6/h3-5,10-13H,1,6-9H2,2H3,(H,27,28,29);1-5H,(H,7,8,9). The van der Waals surface area contributed by atoms with Gasteiger partial charge in [0.05, 0.1) is 33.3 Å². The predicted octanol–water partition coefficient (Wildman–Crippen LogP) is 6.32. The molecule has 0 spiro atoms. The number of halogens is 3. The van der Waals surface area contributed by atoms with Crippen molar-refractivity contribution < 1.29 is 31.6 Å². The first kappa shape index (κ1) is 32.0. The number of ether oxygens (including phenoxy) is 2. The lowest BCUT2D eigenvalue weighted by atomic mass is 10.1. The van der Waals surface area contributed by atoms with Crippen LogP contribution in [-0.2, 0) is 14.9 Å². The van der Waals surface area contributed by atoms with E-state index in [9.17, 15) is 17.6 Å². The Hall–Kier alpha value is -3.97. The number of anilines is 2. The second kappa shape index (κ2) is 14.0. The Morgan fingerprint density at radius 1 is 1.12 bits per heavy atom. The van der Waals surface area contributed by atoms with Crippen LogP contribution in [0.15, 0.2) is 78.5 Å². The number of hydrogen-bond donors (Lipinski definition) is 2. The minimum Gasteiger partial charge on any atom is -0.493 e. The fraction of sp³-hybridized carbons (Fsp3) is 0.207. The van der Waals surface area contributed by atoms with Crippen molar-refractivity contribution in [1.82, 2.24) is 14.9 Å². The van der Waals surface area contributed by atoms with E-state index in [0.29, 0.717) is 54.2 Å². The van der Waals surface area contributed by atoms with Gasteiger partial charge in [-0.2, -0.15) is 8.42 Å². The monoisotopic (exact) mass is 648 g/mol. The second-order valence-electron chi connectivity index (χ2n) is 9.23. The number of amides is 1. The molecule has 0 unspecified atom stereocenters. The van der Waals surface area contributed by atoms with E-state index in [-0.39, 0.29) is 32.6 Å². The van der Waals surface area contributed by atoms with E-state index in [0.717, 1.165) is 0 Å². The summed E-state index contributed by atoms with van der Waals surface area (Å²) < 4.78 is 55.5. The van der Waals surface area contributed by atoms with Gasteiger partial charge in [-0.3, -0.25) is 9.35 Å². The third-order valence-electron chi connectivity index (χ3n) is 6.47. The number of likely N-dealkylation sites (tertiary alicyclic amines) is 1. The smallest absolute Gasteiger partial charge is 0.294 e. The molecule has 4 aromatic rings. The van der Waals surface area contributed by atoms with Gasteiger partial charge < -0.3 is 19.7 Å². The Balaban J connectivity index is 0.000000359. The van der Waals surface area contributed by atoms with Gasteiger partial charge in [-0.1, -0.05) is 48.0 Å². The summed E-state index contributed by atoms with van der Waals surface area (Å²) in [5, 5.41) is 3.51. The Kier molecular flexibility index (Phi) is 10.4. The Labute approximate surface area is 257 Å². The zero-order valence-corrected chi connectivity index (χ0v) is 25.2. The molecule has 0 atom stereocenters. The molecule has 0 bridgehead atoms. The van der Waals surface area contributed by atoms with E-state index >= 15 is 0 Å². The molecule has 0 saturated carbocycles. The molecular formula is C29H27Cl2FN4O6S. The van der Waals surface area contributed by atoms with Gasteiger partial charge in [-0.25, -0.2) is 14.4 Å². The molecule has 5 rings (SSSR count). The summed E-state index contributed by atoms with van der Waals surface area (Å²) in [4.78, 5) is 22.0. The van der Waals surface area contributed by atoms with Crippen molar-refractivity contribution >= 4 is 61.6 Å². The fourth-order valence-electron chi connectivity index (χ4n) is 4.26. The number of benzene rings is 3. The summed E-state index contributed by atoms with van der Waals surface area (Å²) in [6.45, 7) is 4.70. The number of piperidine rings is 1. The number of hydrogen-bond acceptors (Lipinski definition) is 8. The van der Waals surface area contributed by atoms with Crippen LogP contribution in [0.3, 0.4) is 0 Å². The van der Waals surface area contributed by atoms with Gasteiger partial charge in [0, 0.05) is 37.4 Å². The molecule has 1 fully saturated rings. The topological polar surface area (TPSA) is 131 Å². The molecule has 2 heterocycles. The highest BCUT2D eigenvalue weighted by Crippen LogP contribution is 2.37. The van der Waals surface area contributed by atoms with Gasteiger partial charge in [-0.15, -0.1) is 0 Å². The zero-order chi connectivity index (χ0) is 31.1. The number of fused-ring (bicyclic) bond motifs is 1. The summed E-state index contributed by atoms with van der Waals surface area (Å²) in [5.41, 5.74) is 0.713. The maximum atomic E-state index is 14.6. The van der Waals surface area contributed by atoms with Gasteiger partial charge in [0.2, 0.25) is 5.91 Å². The Morgan fingerprint density at radius 3 is 2.42 bits per heavy atom. The van der Waals surface area contributed by atoms with Crippen molar-refractivity contribution in [3.05, 3.63) is 89.4 Å². The molecule has 1 amide bonds. The summed E-state index contributed by atoms with van der Waals surface area (Å²) >= 11 is 11.8. The van der Waals surface area contributed by atoms with Crippen LogP contribution in [0.5, 0.6) is 11.5 Å². The summed E-state index contributed by atoms with van der Waals surface area (Å²) in [5.74, 6) is 0.625. The first-order valence-corrected chi connectivity index (χ1v) is 15.0. The number of nitrogens with one attached hydrogen (secondary N) is 1. The molecule has 1 aromatic heterocycles. The van der Waals surface area contributed by atoms with Crippen molar-refractivity contribution in [3.63, 3.8) is 0 Å². The van der Waals surface area contributed by atoms with Crippen molar-refractivity contribution in [2.24, 2.45) is 0 Å². The molecule has 0 radical (unpaired) electrons. The predicted molar refractivity (Wildman–Crippen MR) is 162 cm³/mol. The summed E-state index contributed by atoms with van der Waals surface area (Å²) in [6, 6.07) is 13.9. The van der Waals surface area contributed by atoms with Gasteiger partial charge in [0.15, 0.2) is 17.3 Å². The maximum absolute atomic E-state index is 14.6. The van der Waals surface area contributed by atoms with Crippen molar-refractivity contribution in [2.45, 2.75) is 23.8 Å². The first-order chi connectivity index (χ1) is 20.5. The molecule has 14 heteroatoms. The molecule has 226 valence electrons. The lowest BCUT2D eigenvalue weighted by molar-refractivity contribution is -0.127. The number of carbonyl (C=O) groups excluding carboxylic acids is 1. The third kappa shape index (κ3) is 7.90. The van der Waals surface area contributed by atoms with Crippen molar-refractivity contribution in [3.8, 4) is 11.5 Å². The summed E-state index contributed by atoms with van der Waals surface area (Å²) in [6.07, 6.45) is 3.93. The molecule has 10 nitrogen and oxygen atoms in total. The number of nitrogens with zero attached hydrogens (tertiary/aromatic N) is 3. The van der Waals surface area contributed by atoms with E-state index in [2.05, 4.69) is 21.9 Å². The van der Waals surface area contributed by atoms with E-state index in [1.165, 1.54) is 36.7 Å². The van der Waals surface area contributed by atoms with Gasteiger partial charge in [0.25, 0.3) is 10.1 Å². The normalized spacial score (nSPS) is 13.6. The van der Waals surface area contributed by atoms with E-state index in [1.54, 1.807) is 42.3 Å². The van der Waals surface area contributed by atoms with Crippen LogP contribution in [0.1, 0.15) is 12.8 Å². The molecule has 1 saturated heterocycles. The fourth-order valence-corrected chi connectivity index (χ4v) is 5.07. The number of methoxy groups -OCH3 is 1. The van der Waals surface area contributed by atoms with Gasteiger partial charge in [0.1, 0.15) is 18.2 Å². The molecular weight excluding hydrogens is 622 g/mol. The van der Waals surface area contributed by atoms with E-state index in [4.69, 9.17) is 37.2 Å². The molecule has 1 aliphatic heterocycles. The van der Waals surface area contributed by atoms with Crippen LogP contribution in [0.2, 0.25) is 10.0 Å². The average Bonchev–Trinajstić information content (AvgIpc) is 3.01. The average molecular weight is 650 g/mol. The SMILES string of the molecule is C=CC(=O)N1CCC(Oc2cc3c(Nc4ccc(Cl)c(Cl)c4F)ncnc3cc2OC)CC1.O=S(=O)(O)c1ccccc1. The molecule has 1 aliphatic rings. The van der Waals surface area contributed by atoms with Crippen LogP contribution < -0.4 is 14.8 Å². The number of rotatable bonds is 7. The molecule has 2 N–H and O–H groups in total. The van der Waals surface area contributed by atoms with Crippen LogP contribution in [0.25, 0.3) is 10.9 Å². The van der Waals surface area contributed by atoms with Gasteiger partial charge >= 0.3 is 0 Å². The second-order valence-corrected chi connectivity index (χ2v) is 11.4. The largest absolute Gasteiger partial charge is 0.493 e. The first-order valence-electron chi connectivity index (χ1n) is 12.9. The number of aromatic nitrogens is 2. The molecule has 3 aromatic carbocycles. The Morgan fingerprint density at radius 2 is 1.81 bits per heavy atom. The van der Waals surface area contributed by atoms with E-state index in [1.807, 2.05) is 0 Å². The van der Waals surface area contributed by atoms with Crippen molar-refractivity contribution in [1.29, 1.82) is 0 Å². The van der Waals surface area contributed by atoms with Gasteiger partial charge in [-0.05, 0) is 36.4 Å². The Bertz CT molecular complexity index is 1740. The maximum Gasteiger partial charge on any atom is 0.294 e. The van der Waals surface area contributed by atoms with E-state index < -0.39 is 15.9 Å². The highest BCUT2D eigenvalue weighted by atomic mass is 35.5. The minimum atomic E-state index is -4.00. The number of carbonyl (C=O) groups is 1. The van der Waals surface area contributed by atoms with Crippen LogP contribution in [0.4, 0.5) is 15.9 Å². The molecule has 43 heavy (non-hydrogen) atoms. The lowest BCUT2D eigenvalue weighted by Crippen LogP contribution is -2.41. The summed E-state index contributed by atoms with van der Waals surface area (Å²) in [7, 11) is -2.46. The highest BCUT2D eigenvalue weighted by molar-refractivity contribution is 7.85. The van der Waals surface area contributed by atoms with Crippen LogP contribution in [-0.4, -0.2) is 60.0 Å². The molecule has 0 aliphatic carbocycles. The van der Waals surface area contributed by atoms with Crippen LogP contribution >= 0.6 is 23.2 Å². The van der Waals surface area contributed by atoms with Crippen molar-refractivity contribution in [2.75, 3.05) is 25.5 Å². The third-order valence-corrected chi connectivity index (χ3v) is 8.12. The van der Waals surface area contributed by atoms with Crippen LogP contribution in [0, 0.1) is 5.82 Å². The highest BCUT2D eigenvalue weighted by Gasteiger charge is 2.24. The zero-order valence-electron chi connectivity index (χ0n) is 22.8. The quantitative estimate of drug-likeness (QED) is 0.134. The lowest BCUT2D eigenvalue weighted by Gasteiger charge is -2.31.